The average Bonchev–Trinajstić information content (AvgIpc) is 3.19. The van der Waals surface area contributed by atoms with Gasteiger partial charge in [-0.2, -0.15) is 0 Å². The van der Waals surface area contributed by atoms with Crippen LogP contribution in [-0.4, -0.2) is 16.0 Å². The van der Waals surface area contributed by atoms with E-state index in [1.54, 1.807) is 0 Å². The number of hydrogen-bond acceptors (Lipinski definition) is 4. The second kappa shape index (κ2) is 5.35. The van der Waals surface area contributed by atoms with E-state index in [4.69, 9.17) is 5.73 Å². The molecule has 2 aliphatic rings. The molecule has 2 fully saturated rings. The Morgan fingerprint density at radius 2 is 1.89 bits per heavy atom. The van der Waals surface area contributed by atoms with Crippen molar-refractivity contribution in [2.45, 2.75) is 63.8 Å². The number of nitrogens with two attached hydrogens (primary N) is 1. The minimum absolute atomic E-state index is 0.531. The zero-order valence-corrected chi connectivity index (χ0v) is 11.7. The standard InChI is InChI=1S/C15H24N4/c1-10-5-3-2-4-6-12(10)17-14-9-13(16)18-15(19-14)11-7-8-11/h9-12H,2-8H2,1H3,(H3,16,17,18,19). The van der Waals surface area contributed by atoms with Gasteiger partial charge >= 0.3 is 0 Å². The monoisotopic (exact) mass is 260 g/mol. The van der Waals surface area contributed by atoms with Gasteiger partial charge in [-0.1, -0.05) is 26.2 Å². The summed E-state index contributed by atoms with van der Waals surface area (Å²) in [4.78, 5) is 9.01. The predicted molar refractivity (Wildman–Crippen MR) is 78.1 cm³/mol. The second-order valence-electron chi connectivity index (χ2n) is 6.18. The van der Waals surface area contributed by atoms with Crippen molar-refractivity contribution >= 4 is 11.6 Å². The minimum atomic E-state index is 0.531. The normalized spacial score (nSPS) is 27.8. The molecule has 1 aromatic rings. The van der Waals surface area contributed by atoms with Crippen LogP contribution in [0.1, 0.15) is 63.6 Å². The molecule has 0 radical (unpaired) electrons. The summed E-state index contributed by atoms with van der Waals surface area (Å²) in [7, 11) is 0. The summed E-state index contributed by atoms with van der Waals surface area (Å²) in [5.74, 6) is 3.72. The van der Waals surface area contributed by atoms with E-state index >= 15 is 0 Å². The molecular weight excluding hydrogens is 236 g/mol. The average molecular weight is 260 g/mol. The van der Waals surface area contributed by atoms with Crippen LogP contribution in [0.15, 0.2) is 6.07 Å². The number of aromatic nitrogens is 2. The van der Waals surface area contributed by atoms with Gasteiger partial charge in [0.25, 0.3) is 0 Å². The third-order valence-corrected chi connectivity index (χ3v) is 4.40. The number of nitrogen functional groups attached to an aromatic ring is 1. The van der Waals surface area contributed by atoms with E-state index in [0.29, 0.717) is 23.7 Å². The summed E-state index contributed by atoms with van der Waals surface area (Å²) in [6.45, 7) is 2.34. The molecule has 104 valence electrons. The van der Waals surface area contributed by atoms with Gasteiger partial charge in [0, 0.05) is 18.0 Å². The Morgan fingerprint density at radius 1 is 1.11 bits per heavy atom. The quantitative estimate of drug-likeness (QED) is 0.818. The Hall–Kier alpha value is -1.32. The molecule has 1 heterocycles. The van der Waals surface area contributed by atoms with Crippen LogP contribution in [0, 0.1) is 5.92 Å². The Morgan fingerprint density at radius 3 is 2.68 bits per heavy atom. The molecule has 2 atom stereocenters. The largest absolute Gasteiger partial charge is 0.384 e. The summed E-state index contributed by atoms with van der Waals surface area (Å²) in [5, 5.41) is 3.60. The molecule has 2 unspecified atom stereocenters. The van der Waals surface area contributed by atoms with E-state index in [1.807, 2.05) is 6.07 Å². The van der Waals surface area contributed by atoms with E-state index in [2.05, 4.69) is 22.2 Å². The van der Waals surface area contributed by atoms with Crippen LogP contribution in [-0.2, 0) is 0 Å². The maximum absolute atomic E-state index is 5.90. The fourth-order valence-electron chi connectivity index (χ4n) is 2.98. The first kappa shape index (κ1) is 12.7. The number of rotatable bonds is 3. The molecule has 2 saturated carbocycles. The Bertz CT molecular complexity index is 442. The lowest BCUT2D eigenvalue weighted by atomic mass is 9.97. The fourth-order valence-corrected chi connectivity index (χ4v) is 2.98. The molecule has 0 aromatic carbocycles. The highest BCUT2D eigenvalue weighted by Gasteiger charge is 2.27. The van der Waals surface area contributed by atoms with Crippen LogP contribution in [0.2, 0.25) is 0 Å². The summed E-state index contributed by atoms with van der Waals surface area (Å²) in [6.07, 6.45) is 9.02. The van der Waals surface area contributed by atoms with E-state index in [0.717, 1.165) is 11.6 Å². The molecule has 4 nitrogen and oxygen atoms in total. The smallest absolute Gasteiger partial charge is 0.136 e. The number of nitrogens with one attached hydrogen (secondary N) is 1. The summed E-state index contributed by atoms with van der Waals surface area (Å²) >= 11 is 0. The predicted octanol–water partition coefficient (Wildman–Crippen LogP) is 3.32. The zero-order valence-electron chi connectivity index (χ0n) is 11.7. The highest BCUT2D eigenvalue weighted by molar-refractivity contribution is 5.46. The molecule has 1 aromatic heterocycles. The van der Waals surface area contributed by atoms with Gasteiger partial charge in [0.1, 0.15) is 17.5 Å². The zero-order chi connectivity index (χ0) is 13.2. The van der Waals surface area contributed by atoms with E-state index < -0.39 is 0 Å². The minimum Gasteiger partial charge on any atom is -0.384 e. The van der Waals surface area contributed by atoms with Gasteiger partial charge in [0.15, 0.2) is 0 Å². The molecule has 3 N–H and O–H groups in total. The van der Waals surface area contributed by atoms with Gasteiger partial charge < -0.3 is 11.1 Å². The van der Waals surface area contributed by atoms with Crippen molar-refractivity contribution in [3.05, 3.63) is 11.9 Å². The van der Waals surface area contributed by atoms with Crippen LogP contribution in [0.4, 0.5) is 11.6 Å². The molecular formula is C15H24N4. The van der Waals surface area contributed by atoms with Gasteiger partial charge in [-0.3, -0.25) is 0 Å². The lowest BCUT2D eigenvalue weighted by Gasteiger charge is -2.23. The molecule has 2 aliphatic carbocycles. The van der Waals surface area contributed by atoms with Crippen molar-refractivity contribution in [2.24, 2.45) is 5.92 Å². The third kappa shape index (κ3) is 3.17. The maximum Gasteiger partial charge on any atom is 0.136 e. The fraction of sp³-hybridized carbons (Fsp3) is 0.733. The topological polar surface area (TPSA) is 63.8 Å². The van der Waals surface area contributed by atoms with E-state index in [9.17, 15) is 0 Å². The van der Waals surface area contributed by atoms with Gasteiger partial charge in [-0.15, -0.1) is 0 Å². The lowest BCUT2D eigenvalue weighted by molar-refractivity contribution is 0.455. The number of hydrogen-bond donors (Lipinski definition) is 2. The summed E-state index contributed by atoms with van der Waals surface area (Å²) in [5.41, 5.74) is 5.90. The molecule has 19 heavy (non-hydrogen) atoms. The SMILES string of the molecule is CC1CCCCCC1Nc1cc(N)nc(C2CC2)n1. The molecule has 0 spiro atoms. The van der Waals surface area contributed by atoms with Gasteiger partial charge in [0.2, 0.25) is 0 Å². The highest BCUT2D eigenvalue weighted by Crippen LogP contribution is 2.38. The number of anilines is 2. The maximum atomic E-state index is 5.90. The first-order valence-corrected chi connectivity index (χ1v) is 7.63. The van der Waals surface area contributed by atoms with Crippen LogP contribution >= 0.6 is 0 Å². The Balaban J connectivity index is 1.74. The van der Waals surface area contributed by atoms with Gasteiger partial charge in [-0.05, 0) is 31.6 Å². The Kier molecular flexibility index (Phi) is 3.58. The lowest BCUT2D eigenvalue weighted by Crippen LogP contribution is -2.27. The molecule has 3 rings (SSSR count). The Labute approximate surface area is 115 Å². The van der Waals surface area contributed by atoms with E-state index in [1.165, 1.54) is 44.9 Å². The highest BCUT2D eigenvalue weighted by atomic mass is 15.1. The molecule has 0 aliphatic heterocycles. The van der Waals surface area contributed by atoms with Crippen molar-refractivity contribution in [1.82, 2.24) is 9.97 Å². The number of nitrogens with zero attached hydrogens (tertiary/aromatic N) is 2. The van der Waals surface area contributed by atoms with Crippen molar-refractivity contribution < 1.29 is 0 Å². The van der Waals surface area contributed by atoms with Crippen LogP contribution in [0.5, 0.6) is 0 Å². The first-order valence-electron chi connectivity index (χ1n) is 7.63. The van der Waals surface area contributed by atoms with Gasteiger partial charge in [0.05, 0.1) is 0 Å². The van der Waals surface area contributed by atoms with Crippen molar-refractivity contribution in [3.8, 4) is 0 Å². The van der Waals surface area contributed by atoms with E-state index in [-0.39, 0.29) is 0 Å². The van der Waals surface area contributed by atoms with Crippen LogP contribution in [0.25, 0.3) is 0 Å². The first-order chi connectivity index (χ1) is 9.22. The van der Waals surface area contributed by atoms with Crippen molar-refractivity contribution in [3.63, 3.8) is 0 Å². The molecule has 0 amide bonds. The summed E-state index contributed by atoms with van der Waals surface area (Å²) in [6, 6.07) is 2.41. The van der Waals surface area contributed by atoms with Crippen molar-refractivity contribution in [1.29, 1.82) is 0 Å². The summed E-state index contributed by atoms with van der Waals surface area (Å²) < 4.78 is 0. The molecule has 0 saturated heterocycles. The van der Waals surface area contributed by atoms with Crippen LogP contribution in [0.3, 0.4) is 0 Å². The van der Waals surface area contributed by atoms with Gasteiger partial charge in [-0.25, -0.2) is 9.97 Å². The van der Waals surface area contributed by atoms with Crippen molar-refractivity contribution in [2.75, 3.05) is 11.1 Å². The van der Waals surface area contributed by atoms with Crippen LogP contribution < -0.4 is 11.1 Å². The second-order valence-corrected chi connectivity index (χ2v) is 6.18. The molecule has 0 bridgehead atoms. The third-order valence-electron chi connectivity index (χ3n) is 4.40. The molecule has 4 heteroatoms.